The van der Waals surface area contributed by atoms with Gasteiger partial charge in [-0.1, -0.05) is 18.2 Å². The van der Waals surface area contributed by atoms with Crippen LogP contribution < -0.4 is 0 Å². The summed E-state index contributed by atoms with van der Waals surface area (Å²) in [4.78, 5) is 28.6. The Kier molecular flexibility index (Phi) is 3.49. The second kappa shape index (κ2) is 5.18. The predicted octanol–water partition coefficient (Wildman–Crippen LogP) is 3.01. The number of carboxylic acid groups (broad SMARTS) is 1. The molecule has 110 valence electrons. The number of aromatic nitrogens is 1. The highest BCUT2D eigenvalue weighted by Gasteiger charge is 2.39. The average molecular weight is 351 g/mol. The third-order valence-corrected chi connectivity index (χ3v) is 4.63. The summed E-state index contributed by atoms with van der Waals surface area (Å²) in [5.41, 5.74) is 1.27. The maximum atomic E-state index is 12.8. The molecule has 1 unspecified atom stereocenters. The largest absolute Gasteiger partial charge is 0.480 e. The Morgan fingerprint density at radius 1 is 1.38 bits per heavy atom. The summed E-state index contributed by atoms with van der Waals surface area (Å²) < 4.78 is 0.686. The van der Waals surface area contributed by atoms with Crippen molar-refractivity contribution in [2.75, 3.05) is 0 Å². The molecule has 1 saturated carbocycles. The molecule has 2 N–H and O–H groups in total. The van der Waals surface area contributed by atoms with Crippen LogP contribution in [-0.2, 0) is 4.79 Å². The van der Waals surface area contributed by atoms with E-state index in [-0.39, 0.29) is 11.9 Å². The monoisotopic (exact) mass is 350 g/mol. The van der Waals surface area contributed by atoms with Gasteiger partial charge in [-0.2, -0.15) is 0 Å². The lowest BCUT2D eigenvalue weighted by Crippen LogP contribution is -2.45. The first kappa shape index (κ1) is 14.1. The van der Waals surface area contributed by atoms with Crippen molar-refractivity contribution in [2.45, 2.75) is 31.8 Å². The van der Waals surface area contributed by atoms with Crippen molar-refractivity contribution < 1.29 is 14.7 Å². The van der Waals surface area contributed by atoms with Gasteiger partial charge in [0.15, 0.2) is 0 Å². The van der Waals surface area contributed by atoms with Gasteiger partial charge in [0.2, 0.25) is 0 Å². The maximum Gasteiger partial charge on any atom is 0.326 e. The van der Waals surface area contributed by atoms with Crippen LogP contribution in [-0.4, -0.2) is 39.0 Å². The molecule has 1 fully saturated rings. The number of carboxylic acids is 1. The van der Waals surface area contributed by atoms with E-state index in [1.54, 1.807) is 6.92 Å². The van der Waals surface area contributed by atoms with Gasteiger partial charge in [0.05, 0.1) is 4.47 Å². The van der Waals surface area contributed by atoms with Gasteiger partial charge in [-0.3, -0.25) is 4.79 Å². The highest BCUT2D eigenvalue weighted by molar-refractivity contribution is 9.10. The Hall–Kier alpha value is -1.82. The second-order valence-electron chi connectivity index (χ2n) is 5.32. The minimum atomic E-state index is -0.984. The predicted molar refractivity (Wildman–Crippen MR) is 82.3 cm³/mol. The van der Waals surface area contributed by atoms with Gasteiger partial charge in [0.25, 0.3) is 5.91 Å². The number of H-pyrrole nitrogens is 1. The van der Waals surface area contributed by atoms with Crippen LogP contribution >= 0.6 is 15.9 Å². The average Bonchev–Trinajstić information content (AvgIpc) is 3.23. The number of fused-ring (bicyclic) bond motifs is 1. The first-order valence-electron chi connectivity index (χ1n) is 6.82. The number of aliphatic carboxylic acids is 1. The van der Waals surface area contributed by atoms with Crippen LogP contribution in [0.4, 0.5) is 0 Å². The molecule has 0 bridgehead atoms. The number of benzene rings is 1. The lowest BCUT2D eigenvalue weighted by atomic mass is 10.2. The molecule has 3 rings (SSSR count). The Bertz CT molecular complexity index is 721. The molecule has 0 spiro atoms. The third-order valence-electron chi connectivity index (χ3n) is 3.81. The molecule has 0 saturated heterocycles. The fourth-order valence-electron chi connectivity index (χ4n) is 2.51. The van der Waals surface area contributed by atoms with Gasteiger partial charge in [-0.25, -0.2) is 4.79 Å². The standard InChI is InChI=1S/C15H15BrN2O3/c1-8(15(20)21)18(9-6-7-9)14(19)13-12(16)10-4-2-3-5-11(10)17-13/h2-5,8-9,17H,6-7H2,1H3,(H,20,21). The van der Waals surface area contributed by atoms with Crippen LogP contribution in [0.25, 0.3) is 10.9 Å². The van der Waals surface area contributed by atoms with E-state index in [1.807, 2.05) is 24.3 Å². The molecule has 1 aliphatic carbocycles. The minimum absolute atomic E-state index is 0.0295. The number of nitrogens with zero attached hydrogens (tertiary/aromatic N) is 1. The molecule has 1 atom stereocenters. The summed E-state index contributed by atoms with van der Waals surface area (Å²) in [5, 5.41) is 10.1. The SMILES string of the molecule is CC(C(=O)O)N(C(=O)c1[nH]c2ccccc2c1Br)C1CC1. The van der Waals surface area contributed by atoms with E-state index >= 15 is 0 Å². The minimum Gasteiger partial charge on any atom is -0.480 e. The summed E-state index contributed by atoms with van der Waals surface area (Å²) in [7, 11) is 0. The molecule has 0 radical (unpaired) electrons. The van der Waals surface area contributed by atoms with E-state index in [0.717, 1.165) is 23.7 Å². The number of hydrogen-bond acceptors (Lipinski definition) is 2. The molecule has 6 heteroatoms. The van der Waals surface area contributed by atoms with E-state index in [1.165, 1.54) is 4.90 Å². The third kappa shape index (κ3) is 2.44. The summed E-state index contributed by atoms with van der Waals surface area (Å²) in [6.45, 7) is 1.55. The molecule has 21 heavy (non-hydrogen) atoms. The number of amides is 1. The number of para-hydroxylation sites is 1. The van der Waals surface area contributed by atoms with Crippen molar-refractivity contribution in [2.24, 2.45) is 0 Å². The van der Waals surface area contributed by atoms with E-state index in [4.69, 9.17) is 0 Å². The van der Waals surface area contributed by atoms with E-state index < -0.39 is 12.0 Å². The number of hydrogen-bond donors (Lipinski definition) is 2. The molecular weight excluding hydrogens is 336 g/mol. The second-order valence-corrected chi connectivity index (χ2v) is 6.11. The van der Waals surface area contributed by atoms with Gasteiger partial charge in [0, 0.05) is 16.9 Å². The van der Waals surface area contributed by atoms with Crippen LogP contribution in [0.1, 0.15) is 30.3 Å². The van der Waals surface area contributed by atoms with Gasteiger partial charge < -0.3 is 15.0 Å². The summed E-state index contributed by atoms with van der Waals surface area (Å²) in [6.07, 6.45) is 1.72. The van der Waals surface area contributed by atoms with E-state index in [9.17, 15) is 14.7 Å². The first-order chi connectivity index (χ1) is 10.0. The van der Waals surface area contributed by atoms with Crippen molar-refractivity contribution in [3.05, 3.63) is 34.4 Å². The number of carbonyl (C=O) groups is 2. The Morgan fingerprint density at radius 2 is 2.05 bits per heavy atom. The maximum absolute atomic E-state index is 12.8. The Balaban J connectivity index is 2.02. The van der Waals surface area contributed by atoms with E-state index in [2.05, 4.69) is 20.9 Å². The fourth-order valence-corrected chi connectivity index (χ4v) is 3.13. The molecular formula is C15H15BrN2O3. The number of aromatic amines is 1. The number of halogens is 1. The van der Waals surface area contributed by atoms with Crippen LogP contribution in [0.3, 0.4) is 0 Å². The summed E-state index contributed by atoms with van der Waals surface area (Å²) >= 11 is 3.45. The summed E-state index contributed by atoms with van der Waals surface area (Å²) in [5.74, 6) is -1.25. The van der Waals surface area contributed by atoms with Crippen molar-refractivity contribution in [1.82, 2.24) is 9.88 Å². The van der Waals surface area contributed by atoms with E-state index in [0.29, 0.717) is 10.2 Å². The summed E-state index contributed by atoms with van der Waals surface area (Å²) in [6, 6.07) is 6.78. The Labute approximate surface area is 130 Å². The van der Waals surface area contributed by atoms with Crippen LogP contribution in [0.15, 0.2) is 28.7 Å². The van der Waals surface area contributed by atoms with Crippen LogP contribution in [0.2, 0.25) is 0 Å². The smallest absolute Gasteiger partial charge is 0.326 e. The number of rotatable bonds is 4. The van der Waals surface area contributed by atoms with Gasteiger partial charge in [-0.15, -0.1) is 0 Å². The fraction of sp³-hybridized carbons (Fsp3) is 0.333. The first-order valence-corrected chi connectivity index (χ1v) is 7.61. The lowest BCUT2D eigenvalue weighted by Gasteiger charge is -2.26. The normalized spacial score (nSPS) is 15.9. The molecule has 1 aromatic carbocycles. The number of nitrogens with one attached hydrogen (secondary N) is 1. The molecule has 0 aliphatic heterocycles. The van der Waals surface area contributed by atoms with Gasteiger partial charge >= 0.3 is 5.97 Å². The van der Waals surface area contributed by atoms with Crippen molar-refractivity contribution in [1.29, 1.82) is 0 Å². The highest BCUT2D eigenvalue weighted by atomic mass is 79.9. The van der Waals surface area contributed by atoms with Crippen molar-refractivity contribution in [3.8, 4) is 0 Å². The molecule has 1 heterocycles. The highest BCUT2D eigenvalue weighted by Crippen LogP contribution is 2.34. The lowest BCUT2D eigenvalue weighted by molar-refractivity contribution is -0.141. The molecule has 2 aromatic rings. The van der Waals surface area contributed by atoms with Gasteiger partial charge in [0.1, 0.15) is 11.7 Å². The zero-order chi connectivity index (χ0) is 15.1. The van der Waals surface area contributed by atoms with Crippen LogP contribution in [0.5, 0.6) is 0 Å². The van der Waals surface area contributed by atoms with Crippen molar-refractivity contribution in [3.63, 3.8) is 0 Å². The number of carbonyl (C=O) groups excluding carboxylic acids is 1. The Morgan fingerprint density at radius 3 is 2.62 bits per heavy atom. The molecule has 1 aliphatic rings. The van der Waals surface area contributed by atoms with Crippen molar-refractivity contribution >= 4 is 38.7 Å². The zero-order valence-corrected chi connectivity index (χ0v) is 13.1. The molecule has 1 aromatic heterocycles. The zero-order valence-electron chi connectivity index (χ0n) is 11.5. The quantitative estimate of drug-likeness (QED) is 0.889. The molecule has 1 amide bonds. The van der Waals surface area contributed by atoms with Gasteiger partial charge in [-0.05, 0) is 41.8 Å². The molecule has 5 nitrogen and oxygen atoms in total. The van der Waals surface area contributed by atoms with Crippen LogP contribution in [0, 0.1) is 0 Å². The topological polar surface area (TPSA) is 73.4 Å².